The molecule has 2 aliphatic heterocycles. The highest BCUT2D eigenvalue weighted by Crippen LogP contribution is 2.33. The predicted octanol–water partition coefficient (Wildman–Crippen LogP) is 2.56. The lowest BCUT2D eigenvalue weighted by molar-refractivity contribution is -0.139. The molecule has 1 aromatic carbocycles. The second-order valence-corrected chi connectivity index (χ2v) is 8.25. The van der Waals surface area contributed by atoms with E-state index in [2.05, 4.69) is 17.9 Å². The molecule has 5 heteroatoms. The molecule has 1 unspecified atom stereocenters. The first-order chi connectivity index (χ1) is 13.1. The van der Waals surface area contributed by atoms with Gasteiger partial charge in [0.1, 0.15) is 0 Å². The van der Waals surface area contributed by atoms with Crippen LogP contribution in [-0.4, -0.2) is 60.0 Å². The molecule has 3 fully saturated rings. The summed E-state index contributed by atoms with van der Waals surface area (Å²) in [5, 5.41) is 0. The second-order valence-electron chi connectivity index (χ2n) is 8.25. The SMILES string of the molecule is Cc1ccccc1CC(=O)N(C1CCOCC1)C1CCN(C(=O)C2CC2)C1. The van der Waals surface area contributed by atoms with Crippen LogP contribution in [0.5, 0.6) is 0 Å². The average molecular weight is 370 g/mol. The third-order valence-electron chi connectivity index (χ3n) is 6.27. The van der Waals surface area contributed by atoms with Crippen LogP contribution in [0, 0.1) is 12.8 Å². The minimum Gasteiger partial charge on any atom is -0.381 e. The van der Waals surface area contributed by atoms with Gasteiger partial charge < -0.3 is 14.5 Å². The van der Waals surface area contributed by atoms with E-state index in [1.807, 2.05) is 23.1 Å². The van der Waals surface area contributed by atoms with Crippen LogP contribution in [-0.2, 0) is 20.7 Å². The van der Waals surface area contributed by atoms with Gasteiger partial charge in [-0.05, 0) is 50.2 Å². The van der Waals surface area contributed by atoms with Crippen LogP contribution in [0.2, 0.25) is 0 Å². The molecule has 5 nitrogen and oxygen atoms in total. The Morgan fingerprint density at radius 3 is 2.52 bits per heavy atom. The van der Waals surface area contributed by atoms with Crippen molar-refractivity contribution in [2.45, 2.75) is 57.5 Å². The predicted molar refractivity (Wildman–Crippen MR) is 103 cm³/mol. The van der Waals surface area contributed by atoms with Gasteiger partial charge in [0.25, 0.3) is 0 Å². The Morgan fingerprint density at radius 2 is 1.81 bits per heavy atom. The van der Waals surface area contributed by atoms with Crippen molar-refractivity contribution in [1.82, 2.24) is 9.80 Å². The van der Waals surface area contributed by atoms with Crippen LogP contribution in [0.15, 0.2) is 24.3 Å². The summed E-state index contributed by atoms with van der Waals surface area (Å²) in [5.74, 6) is 0.751. The highest BCUT2D eigenvalue weighted by molar-refractivity contribution is 5.82. The van der Waals surface area contributed by atoms with Crippen LogP contribution in [0.25, 0.3) is 0 Å². The number of ether oxygens (including phenoxy) is 1. The fraction of sp³-hybridized carbons (Fsp3) is 0.636. The summed E-state index contributed by atoms with van der Waals surface area (Å²) >= 11 is 0. The van der Waals surface area contributed by atoms with Crippen LogP contribution in [0.4, 0.5) is 0 Å². The molecule has 146 valence electrons. The summed E-state index contributed by atoms with van der Waals surface area (Å²) in [6, 6.07) is 8.50. The summed E-state index contributed by atoms with van der Waals surface area (Å²) in [6.07, 6.45) is 5.21. The summed E-state index contributed by atoms with van der Waals surface area (Å²) in [5.41, 5.74) is 2.26. The Labute approximate surface area is 161 Å². The van der Waals surface area contributed by atoms with Crippen LogP contribution in [0.3, 0.4) is 0 Å². The summed E-state index contributed by atoms with van der Waals surface area (Å²) in [7, 11) is 0. The molecule has 0 spiro atoms. The van der Waals surface area contributed by atoms with Gasteiger partial charge in [-0.15, -0.1) is 0 Å². The number of hydrogen-bond donors (Lipinski definition) is 0. The smallest absolute Gasteiger partial charge is 0.227 e. The van der Waals surface area contributed by atoms with Gasteiger partial charge in [-0.2, -0.15) is 0 Å². The molecule has 27 heavy (non-hydrogen) atoms. The Balaban J connectivity index is 1.49. The standard InChI is InChI=1S/C22H30N2O3/c1-16-4-2-3-5-18(16)14-21(25)24(19-9-12-27-13-10-19)20-8-11-23(15-20)22(26)17-6-7-17/h2-5,17,19-20H,6-15H2,1H3. The van der Waals surface area contributed by atoms with Gasteiger partial charge in [0.15, 0.2) is 0 Å². The van der Waals surface area contributed by atoms with E-state index >= 15 is 0 Å². The van der Waals surface area contributed by atoms with Gasteiger partial charge in [0, 0.05) is 38.3 Å². The van der Waals surface area contributed by atoms with E-state index in [0.29, 0.717) is 18.9 Å². The lowest BCUT2D eigenvalue weighted by Crippen LogP contribution is -2.51. The van der Waals surface area contributed by atoms with E-state index in [0.717, 1.165) is 63.0 Å². The van der Waals surface area contributed by atoms with Crippen LogP contribution < -0.4 is 0 Å². The molecule has 2 amide bonds. The summed E-state index contributed by atoms with van der Waals surface area (Å²) < 4.78 is 5.53. The minimum absolute atomic E-state index is 0.146. The maximum absolute atomic E-state index is 13.4. The Hall–Kier alpha value is -1.88. The summed E-state index contributed by atoms with van der Waals surface area (Å²) in [4.78, 5) is 29.9. The first-order valence-corrected chi connectivity index (χ1v) is 10.4. The fourth-order valence-corrected chi connectivity index (χ4v) is 4.49. The van der Waals surface area contributed by atoms with E-state index in [4.69, 9.17) is 4.74 Å². The van der Waals surface area contributed by atoms with Gasteiger partial charge in [-0.3, -0.25) is 9.59 Å². The fourth-order valence-electron chi connectivity index (χ4n) is 4.49. The zero-order valence-corrected chi connectivity index (χ0v) is 16.2. The average Bonchev–Trinajstić information content (AvgIpc) is 3.42. The maximum atomic E-state index is 13.4. The minimum atomic E-state index is 0.146. The van der Waals surface area contributed by atoms with E-state index in [1.165, 1.54) is 0 Å². The summed E-state index contributed by atoms with van der Waals surface area (Å²) in [6.45, 7) is 4.99. The van der Waals surface area contributed by atoms with Crippen molar-refractivity contribution in [3.05, 3.63) is 35.4 Å². The van der Waals surface area contributed by atoms with Gasteiger partial charge in [0.2, 0.25) is 11.8 Å². The van der Waals surface area contributed by atoms with E-state index in [9.17, 15) is 9.59 Å². The number of aryl methyl sites for hydroxylation is 1. The van der Waals surface area contributed by atoms with Crippen molar-refractivity contribution >= 4 is 11.8 Å². The molecule has 0 aromatic heterocycles. The molecule has 1 aliphatic carbocycles. The molecular formula is C22H30N2O3. The van der Waals surface area contributed by atoms with E-state index in [-0.39, 0.29) is 23.9 Å². The van der Waals surface area contributed by atoms with Crippen molar-refractivity contribution < 1.29 is 14.3 Å². The zero-order chi connectivity index (χ0) is 18.8. The Kier molecular flexibility index (Phi) is 5.48. The number of benzene rings is 1. The van der Waals surface area contributed by atoms with Crippen molar-refractivity contribution in [3.63, 3.8) is 0 Å². The Bertz CT molecular complexity index is 695. The molecule has 2 heterocycles. The van der Waals surface area contributed by atoms with Gasteiger partial charge in [-0.1, -0.05) is 24.3 Å². The van der Waals surface area contributed by atoms with Crippen molar-refractivity contribution in [2.75, 3.05) is 26.3 Å². The third kappa shape index (κ3) is 4.18. The van der Waals surface area contributed by atoms with Gasteiger partial charge in [-0.25, -0.2) is 0 Å². The molecule has 2 saturated heterocycles. The number of carbonyl (C=O) groups is 2. The first-order valence-electron chi connectivity index (χ1n) is 10.4. The number of likely N-dealkylation sites (tertiary alicyclic amines) is 1. The number of carbonyl (C=O) groups excluding carboxylic acids is 2. The number of amides is 2. The molecule has 0 radical (unpaired) electrons. The zero-order valence-electron chi connectivity index (χ0n) is 16.2. The third-order valence-corrected chi connectivity index (χ3v) is 6.27. The lowest BCUT2D eigenvalue weighted by atomic mass is 10.00. The first kappa shape index (κ1) is 18.5. The monoisotopic (exact) mass is 370 g/mol. The van der Waals surface area contributed by atoms with E-state index in [1.54, 1.807) is 0 Å². The number of hydrogen-bond acceptors (Lipinski definition) is 3. The highest BCUT2D eigenvalue weighted by atomic mass is 16.5. The van der Waals surface area contributed by atoms with Crippen LogP contribution in [0.1, 0.15) is 43.2 Å². The topological polar surface area (TPSA) is 49.9 Å². The molecule has 1 aromatic rings. The van der Waals surface area contributed by atoms with Crippen LogP contribution >= 0.6 is 0 Å². The second kappa shape index (κ2) is 8.01. The Morgan fingerprint density at radius 1 is 1.07 bits per heavy atom. The molecule has 0 bridgehead atoms. The highest BCUT2D eigenvalue weighted by Gasteiger charge is 2.40. The lowest BCUT2D eigenvalue weighted by Gasteiger charge is -2.38. The van der Waals surface area contributed by atoms with Gasteiger partial charge in [0.05, 0.1) is 12.5 Å². The number of nitrogens with zero attached hydrogens (tertiary/aromatic N) is 2. The molecule has 1 atom stereocenters. The van der Waals surface area contributed by atoms with Crippen molar-refractivity contribution in [3.8, 4) is 0 Å². The molecule has 0 N–H and O–H groups in total. The van der Waals surface area contributed by atoms with E-state index < -0.39 is 0 Å². The van der Waals surface area contributed by atoms with Gasteiger partial charge >= 0.3 is 0 Å². The van der Waals surface area contributed by atoms with Crippen molar-refractivity contribution in [1.29, 1.82) is 0 Å². The normalized spacial score (nSPS) is 23.4. The molecule has 3 aliphatic rings. The largest absolute Gasteiger partial charge is 0.381 e. The molecular weight excluding hydrogens is 340 g/mol. The number of rotatable bonds is 5. The van der Waals surface area contributed by atoms with Crippen molar-refractivity contribution in [2.24, 2.45) is 5.92 Å². The molecule has 1 saturated carbocycles. The quantitative estimate of drug-likeness (QED) is 0.800. The maximum Gasteiger partial charge on any atom is 0.227 e. The molecule has 4 rings (SSSR count).